The number of nitrogens with two attached hydrogens (primary N) is 2. The minimum Gasteiger partial charge on any atom is -0.370 e. The Bertz CT molecular complexity index is 379. The molecule has 0 aliphatic heterocycles. The average molecular weight is 206 g/mol. The highest BCUT2D eigenvalue weighted by molar-refractivity contribution is 5.91. The van der Waals surface area contributed by atoms with Crippen LogP contribution in [0.5, 0.6) is 0 Å². The van der Waals surface area contributed by atoms with Crippen LogP contribution in [-0.2, 0) is 4.79 Å². The molecule has 0 fully saturated rings. The maximum absolute atomic E-state index is 11.1. The van der Waals surface area contributed by atoms with Crippen molar-refractivity contribution in [2.75, 3.05) is 11.9 Å². The third kappa shape index (κ3) is 2.98. The smallest absolute Gasteiger partial charge is 0.223 e. The van der Waals surface area contributed by atoms with Crippen LogP contribution in [0.3, 0.4) is 0 Å². The first kappa shape index (κ1) is 11.0. The number of nitrogens with zero attached hydrogens (tertiary/aromatic N) is 2. The van der Waals surface area contributed by atoms with Gasteiger partial charge in [0.25, 0.3) is 0 Å². The zero-order valence-corrected chi connectivity index (χ0v) is 8.77. The molecule has 5 heteroatoms. The second-order valence-electron chi connectivity index (χ2n) is 3.13. The Morgan fingerprint density at radius 1 is 1.27 bits per heavy atom. The lowest BCUT2D eigenvalue weighted by Crippen LogP contribution is -2.22. The van der Waals surface area contributed by atoms with Crippen molar-refractivity contribution >= 4 is 23.2 Å². The molecule has 1 aromatic rings. The lowest BCUT2D eigenvalue weighted by Gasteiger charge is -2.14. The molecule has 5 nitrogen and oxygen atoms in total. The highest BCUT2D eigenvalue weighted by Crippen LogP contribution is 2.18. The van der Waals surface area contributed by atoms with E-state index in [9.17, 15) is 4.79 Å². The number of benzene rings is 1. The van der Waals surface area contributed by atoms with Gasteiger partial charge in [-0.25, -0.2) is 4.99 Å². The molecule has 0 spiro atoms. The van der Waals surface area contributed by atoms with Gasteiger partial charge in [-0.3, -0.25) is 4.79 Å². The summed E-state index contributed by atoms with van der Waals surface area (Å²) in [6.07, 6.45) is 0. The molecule has 1 rings (SSSR count). The van der Waals surface area contributed by atoms with E-state index in [2.05, 4.69) is 4.99 Å². The SMILES string of the molecule is CC(=O)N(C)c1ccc(N=C(N)N)cc1. The van der Waals surface area contributed by atoms with Gasteiger partial charge in [0, 0.05) is 19.7 Å². The molecule has 0 saturated carbocycles. The molecular weight excluding hydrogens is 192 g/mol. The molecule has 0 heterocycles. The Morgan fingerprint density at radius 3 is 2.20 bits per heavy atom. The van der Waals surface area contributed by atoms with Crippen molar-refractivity contribution in [2.24, 2.45) is 16.5 Å². The van der Waals surface area contributed by atoms with Gasteiger partial charge in [-0.15, -0.1) is 0 Å². The van der Waals surface area contributed by atoms with Gasteiger partial charge < -0.3 is 16.4 Å². The van der Waals surface area contributed by atoms with Crippen LogP contribution in [0.1, 0.15) is 6.92 Å². The van der Waals surface area contributed by atoms with Crippen LogP contribution in [0.25, 0.3) is 0 Å². The fourth-order valence-corrected chi connectivity index (χ4v) is 1.08. The van der Waals surface area contributed by atoms with Crippen molar-refractivity contribution in [1.29, 1.82) is 0 Å². The van der Waals surface area contributed by atoms with E-state index in [-0.39, 0.29) is 11.9 Å². The first-order valence-corrected chi connectivity index (χ1v) is 4.44. The van der Waals surface area contributed by atoms with Crippen LogP contribution in [0.2, 0.25) is 0 Å². The molecular formula is C10H14N4O. The molecule has 0 aromatic heterocycles. The van der Waals surface area contributed by atoms with Crippen molar-refractivity contribution < 1.29 is 4.79 Å². The predicted octanol–water partition coefficient (Wildman–Crippen LogP) is 0.574. The molecule has 0 unspecified atom stereocenters. The minimum atomic E-state index is -0.0235. The van der Waals surface area contributed by atoms with Gasteiger partial charge in [0.05, 0.1) is 5.69 Å². The number of aliphatic imine (C=N–C) groups is 1. The van der Waals surface area contributed by atoms with E-state index in [1.807, 2.05) is 0 Å². The number of hydrogen-bond acceptors (Lipinski definition) is 2. The second kappa shape index (κ2) is 4.45. The van der Waals surface area contributed by atoms with Crippen molar-refractivity contribution in [2.45, 2.75) is 6.92 Å². The summed E-state index contributed by atoms with van der Waals surface area (Å²) in [7, 11) is 1.71. The summed E-state index contributed by atoms with van der Waals surface area (Å²) in [4.78, 5) is 16.5. The predicted molar refractivity (Wildman–Crippen MR) is 61.0 cm³/mol. The monoisotopic (exact) mass is 206 g/mol. The highest BCUT2D eigenvalue weighted by Gasteiger charge is 2.04. The van der Waals surface area contributed by atoms with E-state index in [4.69, 9.17) is 11.5 Å². The fraction of sp³-hybridized carbons (Fsp3) is 0.200. The lowest BCUT2D eigenvalue weighted by molar-refractivity contribution is -0.116. The fourth-order valence-electron chi connectivity index (χ4n) is 1.08. The summed E-state index contributed by atoms with van der Waals surface area (Å²) in [5, 5.41) is 0. The first-order chi connectivity index (χ1) is 7.00. The van der Waals surface area contributed by atoms with Crippen LogP contribution >= 0.6 is 0 Å². The average Bonchev–Trinajstić information content (AvgIpc) is 2.17. The van der Waals surface area contributed by atoms with E-state index in [0.717, 1.165) is 5.69 Å². The Balaban J connectivity index is 2.90. The highest BCUT2D eigenvalue weighted by atomic mass is 16.2. The third-order valence-electron chi connectivity index (χ3n) is 1.97. The Hall–Kier alpha value is -2.04. The van der Waals surface area contributed by atoms with Crippen molar-refractivity contribution in [1.82, 2.24) is 0 Å². The normalized spacial score (nSPS) is 9.47. The summed E-state index contributed by atoms with van der Waals surface area (Å²) < 4.78 is 0. The van der Waals surface area contributed by atoms with E-state index in [1.54, 1.807) is 36.2 Å². The van der Waals surface area contributed by atoms with E-state index in [1.165, 1.54) is 6.92 Å². The van der Waals surface area contributed by atoms with Gasteiger partial charge in [-0.2, -0.15) is 0 Å². The molecule has 80 valence electrons. The molecule has 0 aliphatic carbocycles. The van der Waals surface area contributed by atoms with Crippen LogP contribution in [0.4, 0.5) is 11.4 Å². The second-order valence-corrected chi connectivity index (χ2v) is 3.13. The third-order valence-corrected chi connectivity index (χ3v) is 1.97. The quantitative estimate of drug-likeness (QED) is 0.548. The number of carbonyl (C=O) groups excluding carboxylic acids is 1. The standard InChI is InChI=1S/C10H14N4O/c1-7(15)14(2)9-5-3-8(4-6-9)13-10(11)12/h3-6H,1-2H3,(H4,11,12,13). The topological polar surface area (TPSA) is 84.7 Å². The number of rotatable bonds is 2. The van der Waals surface area contributed by atoms with Crippen LogP contribution in [-0.4, -0.2) is 18.9 Å². The maximum atomic E-state index is 11.1. The van der Waals surface area contributed by atoms with Crippen LogP contribution in [0.15, 0.2) is 29.3 Å². The number of hydrogen-bond donors (Lipinski definition) is 2. The van der Waals surface area contributed by atoms with Gasteiger partial charge in [0.1, 0.15) is 0 Å². The van der Waals surface area contributed by atoms with Gasteiger partial charge >= 0.3 is 0 Å². The van der Waals surface area contributed by atoms with Crippen molar-refractivity contribution in [3.8, 4) is 0 Å². The van der Waals surface area contributed by atoms with Crippen molar-refractivity contribution in [3.63, 3.8) is 0 Å². The maximum Gasteiger partial charge on any atom is 0.223 e. The van der Waals surface area contributed by atoms with Gasteiger partial charge in [0.15, 0.2) is 5.96 Å². The molecule has 0 aliphatic rings. The molecule has 15 heavy (non-hydrogen) atoms. The van der Waals surface area contributed by atoms with E-state index < -0.39 is 0 Å². The summed E-state index contributed by atoms with van der Waals surface area (Å²) >= 11 is 0. The molecule has 0 radical (unpaired) electrons. The van der Waals surface area contributed by atoms with Crippen LogP contribution in [0, 0.1) is 0 Å². The summed E-state index contributed by atoms with van der Waals surface area (Å²) in [6.45, 7) is 1.50. The van der Waals surface area contributed by atoms with Crippen molar-refractivity contribution in [3.05, 3.63) is 24.3 Å². The lowest BCUT2D eigenvalue weighted by atomic mass is 10.2. The minimum absolute atomic E-state index is 0.0164. The molecule has 0 atom stereocenters. The van der Waals surface area contributed by atoms with Gasteiger partial charge in [-0.05, 0) is 24.3 Å². The summed E-state index contributed by atoms with van der Waals surface area (Å²) in [5.41, 5.74) is 11.9. The summed E-state index contributed by atoms with van der Waals surface area (Å²) in [5.74, 6) is -0.00716. The summed E-state index contributed by atoms with van der Waals surface area (Å²) in [6, 6.07) is 7.05. The zero-order valence-electron chi connectivity index (χ0n) is 8.77. The first-order valence-electron chi connectivity index (χ1n) is 4.44. The number of carbonyl (C=O) groups is 1. The van der Waals surface area contributed by atoms with E-state index >= 15 is 0 Å². The number of guanidine groups is 1. The zero-order chi connectivity index (χ0) is 11.4. The Labute approximate surface area is 88.4 Å². The van der Waals surface area contributed by atoms with Gasteiger partial charge in [0.2, 0.25) is 5.91 Å². The number of amides is 1. The molecule has 0 saturated heterocycles. The number of anilines is 1. The van der Waals surface area contributed by atoms with E-state index in [0.29, 0.717) is 5.69 Å². The molecule has 0 bridgehead atoms. The Kier molecular flexibility index (Phi) is 3.28. The molecule has 4 N–H and O–H groups in total. The van der Waals surface area contributed by atoms with Crippen LogP contribution < -0.4 is 16.4 Å². The molecule has 1 amide bonds. The molecule has 1 aromatic carbocycles. The van der Waals surface area contributed by atoms with Gasteiger partial charge in [-0.1, -0.05) is 0 Å². The largest absolute Gasteiger partial charge is 0.370 e. The Morgan fingerprint density at radius 2 is 1.80 bits per heavy atom.